The molecule has 1 aliphatic carbocycles. The van der Waals surface area contributed by atoms with Crippen molar-refractivity contribution in [1.29, 1.82) is 0 Å². The summed E-state index contributed by atoms with van der Waals surface area (Å²) in [5.41, 5.74) is 5.68. The van der Waals surface area contributed by atoms with Gasteiger partial charge in [-0.05, 0) is 12.8 Å². The molecular weight excluding hydrogens is 162 g/mol. The van der Waals surface area contributed by atoms with Crippen LogP contribution in [0.15, 0.2) is 12.2 Å². The summed E-state index contributed by atoms with van der Waals surface area (Å²) in [7, 11) is 0. The Balaban J connectivity index is 2.21. The van der Waals surface area contributed by atoms with Gasteiger partial charge in [0.2, 0.25) is 0 Å². The summed E-state index contributed by atoms with van der Waals surface area (Å²) in [5.74, 6) is 0.490. The molecule has 0 aromatic carbocycles. The largest absolute Gasteiger partial charge is 0.324 e. The lowest BCUT2D eigenvalue weighted by molar-refractivity contribution is -0.121. The summed E-state index contributed by atoms with van der Waals surface area (Å²) in [5, 5.41) is 0. The molecule has 0 aromatic heterocycles. The maximum atomic E-state index is 11.6. The van der Waals surface area contributed by atoms with Gasteiger partial charge in [0.05, 0.1) is 0 Å². The van der Waals surface area contributed by atoms with Crippen LogP contribution in [0, 0.1) is 5.92 Å². The number of hydrogen-bond acceptors (Lipinski definition) is 2. The number of rotatable bonds is 5. The monoisotopic (exact) mass is 181 g/mol. The second kappa shape index (κ2) is 5.18. The molecule has 1 aliphatic rings. The first-order valence-corrected chi connectivity index (χ1v) is 5.20. The van der Waals surface area contributed by atoms with Gasteiger partial charge in [0.25, 0.3) is 0 Å². The third-order valence-corrected chi connectivity index (χ3v) is 2.56. The van der Waals surface area contributed by atoms with Crippen LogP contribution in [0.2, 0.25) is 0 Å². The Morgan fingerprint density at radius 3 is 2.77 bits per heavy atom. The molecule has 0 spiro atoms. The van der Waals surface area contributed by atoms with Gasteiger partial charge in [-0.1, -0.05) is 31.9 Å². The highest BCUT2D eigenvalue weighted by Gasteiger charge is 2.21. The Morgan fingerprint density at radius 2 is 2.23 bits per heavy atom. The quantitative estimate of drug-likeness (QED) is 0.521. The Bertz CT molecular complexity index is 198. The van der Waals surface area contributed by atoms with Crippen molar-refractivity contribution in [3.8, 4) is 0 Å². The number of allylic oxidation sites excluding steroid dienone is 1. The van der Waals surface area contributed by atoms with E-state index in [4.69, 9.17) is 5.73 Å². The first kappa shape index (κ1) is 10.5. The Kier molecular flexibility index (Phi) is 4.16. The van der Waals surface area contributed by atoms with E-state index in [1.165, 1.54) is 6.42 Å². The molecule has 2 atom stereocenters. The van der Waals surface area contributed by atoms with E-state index in [1.807, 2.05) is 12.2 Å². The van der Waals surface area contributed by atoms with Gasteiger partial charge in [-0.15, -0.1) is 0 Å². The van der Waals surface area contributed by atoms with Crippen molar-refractivity contribution in [1.82, 2.24) is 0 Å². The number of hydrogen-bond donors (Lipinski definition) is 1. The second-order valence-corrected chi connectivity index (χ2v) is 3.81. The van der Waals surface area contributed by atoms with Crippen LogP contribution in [-0.2, 0) is 4.79 Å². The minimum atomic E-state index is 0.111. The van der Waals surface area contributed by atoms with Gasteiger partial charge in [0, 0.05) is 18.4 Å². The van der Waals surface area contributed by atoms with Crippen molar-refractivity contribution in [2.75, 3.05) is 0 Å². The first-order chi connectivity index (χ1) is 6.24. The molecule has 2 N–H and O–H groups in total. The molecule has 2 nitrogen and oxygen atoms in total. The smallest absolute Gasteiger partial charge is 0.139 e. The van der Waals surface area contributed by atoms with Crippen molar-refractivity contribution in [3.63, 3.8) is 0 Å². The van der Waals surface area contributed by atoms with Gasteiger partial charge in [-0.3, -0.25) is 4.79 Å². The number of Topliss-reactive ketones (excluding diaryl/α,β-unsaturated/α-hetero) is 1. The lowest BCUT2D eigenvalue weighted by Gasteiger charge is -2.07. The highest BCUT2D eigenvalue weighted by molar-refractivity contribution is 5.83. The van der Waals surface area contributed by atoms with Crippen LogP contribution in [0.4, 0.5) is 0 Å². The summed E-state index contributed by atoms with van der Waals surface area (Å²) in [6.07, 6.45) is 8.85. The van der Waals surface area contributed by atoms with Crippen LogP contribution in [-0.4, -0.2) is 11.8 Å². The second-order valence-electron chi connectivity index (χ2n) is 3.81. The van der Waals surface area contributed by atoms with Crippen molar-refractivity contribution < 1.29 is 4.79 Å². The molecule has 2 heteroatoms. The molecule has 0 aromatic rings. The van der Waals surface area contributed by atoms with Crippen molar-refractivity contribution in [2.45, 2.75) is 45.1 Å². The molecule has 0 amide bonds. The molecule has 13 heavy (non-hydrogen) atoms. The summed E-state index contributed by atoms with van der Waals surface area (Å²) in [6.45, 7) is 2.15. The minimum absolute atomic E-state index is 0.111. The Labute approximate surface area is 80.2 Å². The van der Waals surface area contributed by atoms with Crippen molar-refractivity contribution in [3.05, 3.63) is 12.2 Å². The predicted molar refractivity (Wildman–Crippen MR) is 54.4 cm³/mol. The molecule has 0 bridgehead atoms. The average molecular weight is 181 g/mol. The average Bonchev–Trinajstić information content (AvgIpc) is 2.52. The van der Waals surface area contributed by atoms with Crippen molar-refractivity contribution >= 4 is 5.78 Å². The van der Waals surface area contributed by atoms with Gasteiger partial charge in [-0.25, -0.2) is 0 Å². The molecule has 1 rings (SSSR count). The van der Waals surface area contributed by atoms with E-state index in [0.29, 0.717) is 5.78 Å². The number of carbonyl (C=O) groups is 1. The summed E-state index contributed by atoms with van der Waals surface area (Å²) in [6, 6.07) is 0.111. The van der Waals surface area contributed by atoms with E-state index in [-0.39, 0.29) is 12.0 Å². The topological polar surface area (TPSA) is 43.1 Å². The predicted octanol–water partition coefficient (Wildman–Crippen LogP) is 2.04. The van der Waals surface area contributed by atoms with Crippen LogP contribution in [0.25, 0.3) is 0 Å². The minimum Gasteiger partial charge on any atom is -0.324 e. The fraction of sp³-hybridized carbons (Fsp3) is 0.727. The maximum Gasteiger partial charge on any atom is 0.139 e. The summed E-state index contributed by atoms with van der Waals surface area (Å²) in [4.78, 5) is 11.6. The lowest BCUT2D eigenvalue weighted by atomic mass is 9.98. The molecule has 0 saturated heterocycles. The molecule has 0 fully saturated rings. The zero-order valence-electron chi connectivity index (χ0n) is 8.33. The number of ketones is 1. The van der Waals surface area contributed by atoms with Gasteiger partial charge < -0.3 is 5.73 Å². The van der Waals surface area contributed by atoms with Gasteiger partial charge in [0.15, 0.2) is 0 Å². The maximum absolute atomic E-state index is 11.6. The SMILES string of the molecule is CCCCCC(=O)C1C=CC(N)C1. The van der Waals surface area contributed by atoms with Gasteiger partial charge >= 0.3 is 0 Å². The molecule has 74 valence electrons. The van der Waals surface area contributed by atoms with Crippen LogP contribution >= 0.6 is 0 Å². The Hall–Kier alpha value is -0.630. The summed E-state index contributed by atoms with van der Waals surface area (Å²) >= 11 is 0. The highest BCUT2D eigenvalue weighted by atomic mass is 16.1. The molecule has 0 aliphatic heterocycles. The van der Waals surface area contributed by atoms with E-state index >= 15 is 0 Å². The van der Waals surface area contributed by atoms with Crippen LogP contribution in [0.3, 0.4) is 0 Å². The standard InChI is InChI=1S/C11H19NO/c1-2-3-4-5-11(13)9-6-7-10(12)8-9/h6-7,9-10H,2-5,8,12H2,1H3. The Morgan fingerprint density at radius 1 is 1.46 bits per heavy atom. The number of unbranched alkanes of at least 4 members (excludes halogenated alkanes) is 2. The molecule has 0 saturated carbocycles. The van der Waals surface area contributed by atoms with E-state index in [0.717, 1.165) is 25.7 Å². The summed E-state index contributed by atoms with van der Waals surface area (Å²) < 4.78 is 0. The molecule has 0 radical (unpaired) electrons. The zero-order valence-corrected chi connectivity index (χ0v) is 8.33. The number of carbonyl (C=O) groups excluding carboxylic acids is 1. The van der Waals surface area contributed by atoms with Crippen molar-refractivity contribution in [2.24, 2.45) is 11.7 Å². The normalized spacial score (nSPS) is 26.6. The van der Waals surface area contributed by atoms with Crippen LogP contribution < -0.4 is 5.73 Å². The van der Waals surface area contributed by atoms with E-state index in [9.17, 15) is 4.79 Å². The fourth-order valence-electron chi connectivity index (χ4n) is 1.70. The van der Waals surface area contributed by atoms with Gasteiger partial charge in [0.1, 0.15) is 5.78 Å². The third kappa shape index (κ3) is 3.31. The van der Waals surface area contributed by atoms with E-state index in [1.54, 1.807) is 0 Å². The van der Waals surface area contributed by atoms with Crippen LogP contribution in [0.1, 0.15) is 39.0 Å². The zero-order chi connectivity index (χ0) is 9.68. The third-order valence-electron chi connectivity index (χ3n) is 2.56. The van der Waals surface area contributed by atoms with E-state index in [2.05, 4.69) is 6.92 Å². The van der Waals surface area contributed by atoms with E-state index < -0.39 is 0 Å². The molecular formula is C11H19NO. The fourth-order valence-corrected chi connectivity index (χ4v) is 1.70. The first-order valence-electron chi connectivity index (χ1n) is 5.20. The molecule has 2 unspecified atom stereocenters. The molecule has 0 heterocycles. The van der Waals surface area contributed by atoms with Crippen LogP contribution in [0.5, 0.6) is 0 Å². The number of nitrogens with two attached hydrogens (primary N) is 1. The highest BCUT2D eigenvalue weighted by Crippen LogP contribution is 2.19. The van der Waals surface area contributed by atoms with Gasteiger partial charge in [-0.2, -0.15) is 0 Å². The lowest BCUT2D eigenvalue weighted by Crippen LogP contribution is -2.18.